The van der Waals surface area contributed by atoms with Crippen LogP contribution in [0.25, 0.3) is 52.2 Å². The zero-order valence-corrected chi connectivity index (χ0v) is 27.2. The van der Waals surface area contributed by atoms with Gasteiger partial charge in [-0.05, 0) is 62.4 Å². The van der Waals surface area contributed by atoms with Crippen LogP contribution in [0.2, 0.25) is 5.15 Å². The fraction of sp³-hybridized carbons (Fsp3) is 0.118. The largest absolute Gasteiger partial charge is 0.462 e. The average molecular weight is 683 g/mol. The van der Waals surface area contributed by atoms with Gasteiger partial charge in [0.25, 0.3) is 0 Å². The van der Waals surface area contributed by atoms with Crippen molar-refractivity contribution in [3.63, 3.8) is 0 Å². The number of carbonyl (C=O) groups excluding carboxylic acids is 2. The molecule has 13 heteroatoms. The lowest BCUT2D eigenvalue weighted by molar-refractivity contribution is 0.0517. The van der Waals surface area contributed by atoms with Gasteiger partial charge in [0.05, 0.1) is 44.4 Å². The fourth-order valence-electron chi connectivity index (χ4n) is 5.48. The number of rotatable bonds is 4. The summed E-state index contributed by atoms with van der Waals surface area (Å²) in [6.45, 7) is 3.85. The summed E-state index contributed by atoms with van der Waals surface area (Å²) >= 11 is 8.78. The van der Waals surface area contributed by atoms with Gasteiger partial charge >= 0.3 is 11.9 Å². The van der Waals surface area contributed by atoms with Crippen LogP contribution in [0.5, 0.6) is 0 Å². The van der Waals surface area contributed by atoms with Gasteiger partial charge in [-0.15, -0.1) is 22.7 Å². The molecule has 8 aromatic rings. The molecular weight excluding hydrogens is 660 g/mol. The standard InChI is InChI=1S/C17H11ClN2O3S.C17H12N2O3S/c1-2-23-17(22)13-14(21)9-7-8-12(18)19-15(9)20-10-5-3-4-6-11(10)24-16(13)20;1-2-22-17(21)13-14(20)10-6-5-9-18-15(10)19-11-7-3-4-8-12(11)23-16(13)19/h3-8H,2H2,1H3;3-9H,2H2,1H3. The molecule has 47 heavy (non-hydrogen) atoms. The van der Waals surface area contributed by atoms with Gasteiger partial charge in [-0.1, -0.05) is 35.9 Å². The number of benzene rings is 2. The molecule has 0 aliphatic rings. The zero-order chi connectivity index (χ0) is 32.8. The van der Waals surface area contributed by atoms with Crippen molar-refractivity contribution in [2.24, 2.45) is 0 Å². The molecule has 2 aromatic carbocycles. The first-order valence-corrected chi connectivity index (χ1v) is 16.5. The summed E-state index contributed by atoms with van der Waals surface area (Å²) < 4.78 is 15.8. The van der Waals surface area contributed by atoms with E-state index in [1.54, 1.807) is 48.7 Å². The first-order valence-electron chi connectivity index (χ1n) is 14.5. The highest BCUT2D eigenvalue weighted by molar-refractivity contribution is 7.24. The van der Waals surface area contributed by atoms with E-state index in [2.05, 4.69) is 9.97 Å². The van der Waals surface area contributed by atoms with Gasteiger partial charge in [0.15, 0.2) is 5.65 Å². The molecule has 8 rings (SSSR count). The van der Waals surface area contributed by atoms with Crippen molar-refractivity contribution in [1.82, 2.24) is 18.8 Å². The van der Waals surface area contributed by atoms with Gasteiger partial charge in [-0.3, -0.25) is 18.4 Å². The first-order chi connectivity index (χ1) is 22.8. The first kappa shape index (κ1) is 30.5. The Morgan fingerprint density at radius 3 is 1.77 bits per heavy atom. The van der Waals surface area contributed by atoms with Crippen LogP contribution in [0.1, 0.15) is 34.6 Å². The van der Waals surface area contributed by atoms with Gasteiger partial charge in [-0.25, -0.2) is 19.6 Å². The number of ether oxygens (including phenoxy) is 2. The van der Waals surface area contributed by atoms with Gasteiger partial charge in [0.2, 0.25) is 10.9 Å². The van der Waals surface area contributed by atoms with Crippen LogP contribution in [0.4, 0.5) is 0 Å². The van der Waals surface area contributed by atoms with E-state index in [-0.39, 0.29) is 40.4 Å². The molecule has 0 saturated heterocycles. The predicted octanol–water partition coefficient (Wildman–Crippen LogP) is 7.13. The summed E-state index contributed by atoms with van der Waals surface area (Å²) in [5.41, 5.74) is 2.16. The van der Waals surface area contributed by atoms with Crippen molar-refractivity contribution in [2.45, 2.75) is 13.8 Å². The van der Waals surface area contributed by atoms with Crippen LogP contribution in [-0.2, 0) is 9.47 Å². The number of pyridine rings is 4. The van der Waals surface area contributed by atoms with Crippen LogP contribution in [0.15, 0.2) is 88.6 Å². The van der Waals surface area contributed by atoms with E-state index in [0.717, 1.165) is 20.4 Å². The molecule has 6 heterocycles. The summed E-state index contributed by atoms with van der Waals surface area (Å²) in [5.74, 6) is -1.21. The number of nitrogens with zero attached hydrogens (tertiary/aromatic N) is 4. The minimum absolute atomic E-state index is 0.0367. The van der Waals surface area contributed by atoms with Crippen molar-refractivity contribution in [3.8, 4) is 0 Å². The smallest absolute Gasteiger partial charge is 0.345 e. The number of hydrogen-bond donors (Lipinski definition) is 0. The summed E-state index contributed by atoms with van der Waals surface area (Å²) in [6, 6.07) is 21.9. The summed E-state index contributed by atoms with van der Waals surface area (Å²) in [5, 5.41) is 1.04. The molecule has 0 spiro atoms. The van der Waals surface area contributed by atoms with E-state index in [4.69, 9.17) is 21.1 Å². The molecule has 0 amide bonds. The fourth-order valence-corrected chi connectivity index (χ4v) is 7.97. The van der Waals surface area contributed by atoms with Gasteiger partial charge in [0.1, 0.15) is 31.6 Å². The van der Waals surface area contributed by atoms with E-state index in [0.29, 0.717) is 31.7 Å². The maximum absolute atomic E-state index is 12.9. The van der Waals surface area contributed by atoms with E-state index < -0.39 is 11.9 Å². The number of thiazole rings is 2. The number of aromatic nitrogens is 4. The minimum atomic E-state index is -0.622. The number of hydrogen-bond acceptors (Lipinski definition) is 10. The highest BCUT2D eigenvalue weighted by atomic mass is 35.5. The predicted molar refractivity (Wildman–Crippen MR) is 186 cm³/mol. The molecule has 0 aliphatic carbocycles. The molecule has 0 atom stereocenters. The second-order valence-corrected chi connectivity index (χ2v) is 12.6. The summed E-state index contributed by atoms with van der Waals surface area (Å²) in [7, 11) is 0. The van der Waals surface area contributed by atoms with Crippen LogP contribution >= 0.6 is 34.3 Å². The Morgan fingerprint density at radius 2 is 1.21 bits per heavy atom. The van der Waals surface area contributed by atoms with Gasteiger partial charge < -0.3 is 9.47 Å². The highest BCUT2D eigenvalue weighted by Crippen LogP contribution is 2.32. The van der Waals surface area contributed by atoms with Gasteiger partial charge in [-0.2, -0.15) is 0 Å². The molecule has 0 saturated carbocycles. The Hall–Kier alpha value is -5.17. The molecule has 0 fully saturated rings. The maximum Gasteiger partial charge on any atom is 0.345 e. The third kappa shape index (κ3) is 5.01. The van der Waals surface area contributed by atoms with Crippen molar-refractivity contribution in [3.05, 3.63) is 116 Å². The van der Waals surface area contributed by atoms with Crippen molar-refractivity contribution < 1.29 is 19.1 Å². The highest BCUT2D eigenvalue weighted by Gasteiger charge is 2.24. The Bertz CT molecular complexity index is 2680. The maximum atomic E-state index is 12.9. The summed E-state index contributed by atoms with van der Waals surface area (Å²) in [6.07, 6.45) is 1.64. The lowest BCUT2D eigenvalue weighted by Gasteiger charge is -2.07. The topological polar surface area (TPSA) is 121 Å². The molecule has 0 bridgehead atoms. The Labute approximate surface area is 278 Å². The quantitative estimate of drug-likeness (QED) is 0.142. The van der Waals surface area contributed by atoms with E-state index >= 15 is 0 Å². The number of esters is 2. The van der Waals surface area contributed by atoms with Crippen molar-refractivity contribution in [2.75, 3.05) is 13.2 Å². The van der Waals surface area contributed by atoms with E-state index in [9.17, 15) is 19.2 Å². The van der Waals surface area contributed by atoms with Crippen molar-refractivity contribution >= 4 is 98.4 Å². The third-order valence-electron chi connectivity index (χ3n) is 7.41. The summed E-state index contributed by atoms with van der Waals surface area (Å²) in [4.78, 5) is 60.1. The average Bonchev–Trinajstić information content (AvgIpc) is 3.64. The Morgan fingerprint density at radius 1 is 0.702 bits per heavy atom. The second kappa shape index (κ2) is 12.2. The Balaban J connectivity index is 0.000000150. The minimum Gasteiger partial charge on any atom is -0.462 e. The van der Waals surface area contributed by atoms with Crippen LogP contribution in [0, 0.1) is 0 Å². The molecule has 0 radical (unpaired) electrons. The molecule has 0 unspecified atom stereocenters. The second-order valence-electron chi connectivity index (χ2n) is 10.1. The van der Waals surface area contributed by atoms with E-state index in [1.807, 2.05) is 52.9 Å². The normalized spacial score (nSPS) is 11.4. The molecule has 234 valence electrons. The number of para-hydroxylation sites is 2. The van der Waals surface area contributed by atoms with Crippen molar-refractivity contribution in [1.29, 1.82) is 0 Å². The third-order valence-corrected chi connectivity index (χ3v) is 9.91. The van der Waals surface area contributed by atoms with Crippen LogP contribution in [-0.4, -0.2) is 43.9 Å². The number of fused-ring (bicyclic) bond motifs is 10. The van der Waals surface area contributed by atoms with E-state index in [1.165, 1.54) is 22.7 Å². The van der Waals surface area contributed by atoms with Gasteiger partial charge in [0, 0.05) is 6.20 Å². The SMILES string of the molecule is CCOC(=O)c1c(=O)c2ccc(Cl)nc2n2c1sc1ccccc12.CCOC(=O)c1c(=O)c2cccnc2n2c1sc1ccccc12. The molecular formula is C34H23ClN4O6S2. The molecule has 6 aromatic heterocycles. The lowest BCUT2D eigenvalue weighted by Crippen LogP contribution is -2.20. The zero-order valence-electron chi connectivity index (χ0n) is 24.9. The van der Waals surface area contributed by atoms with Crippen LogP contribution in [0.3, 0.4) is 0 Å². The molecule has 0 N–H and O–H groups in total. The Kier molecular flexibility index (Phi) is 7.92. The number of halogens is 1. The molecule has 0 aliphatic heterocycles. The monoisotopic (exact) mass is 682 g/mol. The number of carbonyl (C=O) groups is 2. The lowest BCUT2D eigenvalue weighted by atomic mass is 10.2. The molecule has 10 nitrogen and oxygen atoms in total. The van der Waals surface area contributed by atoms with Crippen LogP contribution < -0.4 is 10.9 Å².